The molecule has 0 saturated carbocycles. The number of pyridine rings is 1. The van der Waals surface area contributed by atoms with Crippen molar-refractivity contribution in [3.63, 3.8) is 0 Å². The minimum absolute atomic E-state index is 0.114. The summed E-state index contributed by atoms with van der Waals surface area (Å²) in [7, 11) is 0. The molecule has 124 valence electrons. The Kier molecular flexibility index (Phi) is 5.50. The van der Waals surface area contributed by atoms with Crippen molar-refractivity contribution < 1.29 is 14.0 Å². The average molecular weight is 326 g/mol. The summed E-state index contributed by atoms with van der Waals surface area (Å²) in [6, 6.07) is 5.69. The Morgan fingerprint density at radius 1 is 1.45 bits per heavy atom. The monoisotopic (exact) mass is 326 g/mol. The summed E-state index contributed by atoms with van der Waals surface area (Å²) in [5, 5.41) is 0. The maximum atomic E-state index is 12.5. The lowest BCUT2D eigenvalue weighted by Gasteiger charge is -2.30. The fourth-order valence-corrected chi connectivity index (χ4v) is 3.08. The number of rotatable bonds is 5. The first kappa shape index (κ1) is 17.7. The molecule has 1 aliphatic heterocycles. The lowest BCUT2D eigenvalue weighted by molar-refractivity contribution is -0.141. The molecule has 1 saturated heterocycles. The Labute approximate surface area is 136 Å². The minimum Gasteiger partial charge on any atom is -0.598 e. The van der Waals surface area contributed by atoms with Gasteiger partial charge in [0.05, 0.1) is 12.6 Å². The molecule has 1 aliphatic rings. The van der Waals surface area contributed by atoms with Crippen LogP contribution < -0.4 is 4.72 Å². The summed E-state index contributed by atoms with van der Waals surface area (Å²) in [5.41, 5.74) is 0.944. The van der Waals surface area contributed by atoms with Crippen molar-refractivity contribution in [2.45, 2.75) is 63.7 Å². The van der Waals surface area contributed by atoms with Crippen LogP contribution in [-0.4, -0.2) is 38.8 Å². The molecule has 0 unspecified atom stereocenters. The molecule has 1 N–H and O–H groups in total. The molecule has 1 fully saturated rings. The molecule has 2 rings (SSSR count). The van der Waals surface area contributed by atoms with Crippen LogP contribution in [0.2, 0.25) is 0 Å². The van der Waals surface area contributed by atoms with Crippen LogP contribution in [0.1, 0.15) is 40.3 Å². The predicted octanol–water partition coefficient (Wildman–Crippen LogP) is 2.20. The van der Waals surface area contributed by atoms with Crippen LogP contribution in [0.15, 0.2) is 24.4 Å². The summed E-state index contributed by atoms with van der Waals surface area (Å²) in [4.78, 5) is 4.36. The highest BCUT2D eigenvalue weighted by molar-refractivity contribution is 7.90. The van der Waals surface area contributed by atoms with Gasteiger partial charge in [-0.05, 0) is 46.8 Å². The molecule has 0 spiro atoms. The molecule has 3 atom stereocenters. The fraction of sp³-hybridized carbons (Fsp3) is 0.688. The minimum atomic E-state index is -1.18. The van der Waals surface area contributed by atoms with Gasteiger partial charge in [-0.25, -0.2) is 0 Å². The smallest absolute Gasteiger partial charge is 0.163 e. The van der Waals surface area contributed by atoms with Gasteiger partial charge in [0, 0.05) is 29.7 Å². The maximum Gasteiger partial charge on any atom is 0.163 e. The molecule has 0 bridgehead atoms. The average Bonchev–Trinajstić information content (AvgIpc) is 2.78. The third-order valence-electron chi connectivity index (χ3n) is 3.45. The highest BCUT2D eigenvalue weighted by Crippen LogP contribution is 2.26. The molecular weight excluding hydrogens is 300 g/mol. The van der Waals surface area contributed by atoms with Gasteiger partial charge in [-0.2, -0.15) is 0 Å². The first-order valence-electron chi connectivity index (χ1n) is 7.57. The van der Waals surface area contributed by atoms with Crippen molar-refractivity contribution in [2.75, 3.05) is 6.61 Å². The zero-order valence-corrected chi connectivity index (χ0v) is 14.8. The van der Waals surface area contributed by atoms with E-state index in [1.54, 1.807) is 6.20 Å². The van der Waals surface area contributed by atoms with Crippen molar-refractivity contribution in [3.8, 4) is 0 Å². The Balaban J connectivity index is 2.10. The van der Waals surface area contributed by atoms with Crippen LogP contribution in [0.3, 0.4) is 0 Å². The van der Waals surface area contributed by atoms with Crippen molar-refractivity contribution in [2.24, 2.45) is 0 Å². The molecular formula is C16H26N2O3S. The fourth-order valence-electron chi connectivity index (χ4n) is 2.22. The number of nitrogens with one attached hydrogen (secondary N) is 1. The second-order valence-electron chi connectivity index (χ2n) is 7.00. The van der Waals surface area contributed by atoms with Crippen LogP contribution in [0.25, 0.3) is 0 Å². The van der Waals surface area contributed by atoms with Gasteiger partial charge in [0.25, 0.3) is 0 Å². The van der Waals surface area contributed by atoms with Gasteiger partial charge in [0.2, 0.25) is 0 Å². The van der Waals surface area contributed by atoms with Gasteiger partial charge in [-0.15, -0.1) is 4.72 Å². The zero-order chi connectivity index (χ0) is 16.4. The van der Waals surface area contributed by atoms with Crippen molar-refractivity contribution in [1.82, 2.24) is 9.71 Å². The second kappa shape index (κ2) is 6.84. The molecule has 22 heavy (non-hydrogen) atoms. The zero-order valence-electron chi connectivity index (χ0n) is 14.0. The number of aromatic nitrogens is 1. The Hall–Kier alpha value is -0.660. The normalized spacial score (nSPS) is 24.2. The molecule has 0 radical (unpaired) electrons. The van der Waals surface area contributed by atoms with Gasteiger partial charge >= 0.3 is 0 Å². The van der Waals surface area contributed by atoms with E-state index in [9.17, 15) is 4.55 Å². The molecule has 0 aromatic carbocycles. The van der Waals surface area contributed by atoms with Crippen molar-refractivity contribution in [3.05, 3.63) is 30.1 Å². The molecule has 6 heteroatoms. The first-order valence-corrected chi connectivity index (χ1v) is 8.72. The highest BCUT2D eigenvalue weighted by atomic mass is 32.2. The van der Waals surface area contributed by atoms with Crippen molar-refractivity contribution in [1.29, 1.82) is 0 Å². The van der Waals surface area contributed by atoms with Gasteiger partial charge < -0.3 is 14.0 Å². The van der Waals surface area contributed by atoms with Gasteiger partial charge in [-0.3, -0.25) is 4.98 Å². The van der Waals surface area contributed by atoms with Crippen LogP contribution in [0.5, 0.6) is 0 Å². The molecule has 2 heterocycles. The van der Waals surface area contributed by atoms with E-state index in [0.29, 0.717) is 13.0 Å². The number of ether oxygens (including phenoxy) is 2. The van der Waals surface area contributed by atoms with Gasteiger partial charge in [0.1, 0.15) is 10.9 Å². The SMILES string of the molecule is CC1(C)OC[C@@H]([C@@H](Cc2ccccn2)N[S@+]([O-])C(C)(C)C)O1. The molecule has 1 aromatic heterocycles. The van der Waals surface area contributed by atoms with E-state index in [0.717, 1.165) is 5.69 Å². The summed E-state index contributed by atoms with van der Waals surface area (Å²) >= 11 is -1.18. The van der Waals surface area contributed by atoms with Gasteiger partial charge in [-0.1, -0.05) is 6.07 Å². The Bertz CT molecular complexity index is 476. The van der Waals surface area contributed by atoms with E-state index >= 15 is 0 Å². The summed E-state index contributed by atoms with van der Waals surface area (Å²) in [6.07, 6.45) is 2.26. The maximum absolute atomic E-state index is 12.5. The predicted molar refractivity (Wildman–Crippen MR) is 87.7 cm³/mol. The topological polar surface area (TPSA) is 66.4 Å². The standard InChI is InChI=1S/C16H26N2O3S/c1-15(2,3)22(19)18-13(10-12-8-6-7-9-17-12)14-11-20-16(4,5)21-14/h6-9,13-14,18H,10-11H2,1-5H3/t13-,14+,22-/m1/s1. The van der Waals surface area contributed by atoms with Crippen LogP contribution in [-0.2, 0) is 27.3 Å². The van der Waals surface area contributed by atoms with E-state index < -0.39 is 17.1 Å². The van der Waals surface area contributed by atoms with E-state index in [1.165, 1.54) is 0 Å². The van der Waals surface area contributed by atoms with E-state index in [-0.39, 0.29) is 16.9 Å². The summed E-state index contributed by atoms with van der Waals surface area (Å²) < 4.78 is 26.9. The number of nitrogens with zero attached hydrogens (tertiary/aromatic N) is 1. The van der Waals surface area contributed by atoms with E-state index in [1.807, 2.05) is 52.8 Å². The molecule has 0 amide bonds. The molecule has 1 aromatic rings. The molecule has 0 aliphatic carbocycles. The van der Waals surface area contributed by atoms with Gasteiger partial charge in [0.15, 0.2) is 5.79 Å². The van der Waals surface area contributed by atoms with Crippen molar-refractivity contribution >= 4 is 11.4 Å². The largest absolute Gasteiger partial charge is 0.598 e. The Morgan fingerprint density at radius 2 is 2.18 bits per heavy atom. The van der Waals surface area contributed by atoms with Crippen LogP contribution >= 0.6 is 0 Å². The summed E-state index contributed by atoms with van der Waals surface area (Å²) in [5.74, 6) is -0.599. The lowest BCUT2D eigenvalue weighted by Crippen LogP contribution is -2.51. The second-order valence-corrected chi connectivity index (χ2v) is 9.00. The summed E-state index contributed by atoms with van der Waals surface area (Å²) in [6.45, 7) is 10.1. The van der Waals surface area contributed by atoms with E-state index in [4.69, 9.17) is 9.47 Å². The molecule has 5 nitrogen and oxygen atoms in total. The highest BCUT2D eigenvalue weighted by Gasteiger charge is 2.40. The lowest BCUT2D eigenvalue weighted by atomic mass is 10.1. The first-order chi connectivity index (χ1) is 10.2. The quantitative estimate of drug-likeness (QED) is 0.840. The van der Waals surface area contributed by atoms with E-state index in [2.05, 4.69) is 9.71 Å². The van der Waals surface area contributed by atoms with Crippen LogP contribution in [0, 0.1) is 0 Å². The Morgan fingerprint density at radius 3 is 2.68 bits per heavy atom. The number of hydrogen-bond donors (Lipinski definition) is 1. The third kappa shape index (κ3) is 4.93. The third-order valence-corrected chi connectivity index (χ3v) is 5.08. The van der Waals surface area contributed by atoms with Crippen LogP contribution in [0.4, 0.5) is 0 Å². The number of hydrogen-bond acceptors (Lipinski definition) is 5.